The van der Waals surface area contributed by atoms with Gasteiger partial charge in [-0.2, -0.15) is 0 Å². The van der Waals surface area contributed by atoms with Crippen molar-refractivity contribution in [2.75, 3.05) is 12.3 Å². The molecule has 100 valence electrons. The van der Waals surface area contributed by atoms with Crippen molar-refractivity contribution in [1.29, 1.82) is 0 Å². The maximum Gasteiger partial charge on any atom is 0.340 e. The highest BCUT2D eigenvalue weighted by molar-refractivity contribution is 5.96. The molecule has 0 bridgehead atoms. The standard InChI is InChI=1S/C16H14N2O2/c1-3-20-16(19)14-10-12(6-9-15(14)17)11-4-7-13(18-2)8-5-11/h4-10H,3,17H2,1H3. The van der Waals surface area contributed by atoms with Crippen molar-refractivity contribution in [2.45, 2.75) is 6.92 Å². The van der Waals surface area contributed by atoms with E-state index in [1.165, 1.54) is 0 Å². The fourth-order valence-corrected chi connectivity index (χ4v) is 1.85. The summed E-state index contributed by atoms with van der Waals surface area (Å²) in [4.78, 5) is 15.2. The highest BCUT2D eigenvalue weighted by Gasteiger charge is 2.12. The van der Waals surface area contributed by atoms with Crippen LogP contribution in [0.1, 0.15) is 17.3 Å². The number of benzene rings is 2. The second-order valence-electron chi connectivity index (χ2n) is 4.18. The lowest BCUT2D eigenvalue weighted by atomic mass is 10.0. The Morgan fingerprint density at radius 3 is 2.45 bits per heavy atom. The van der Waals surface area contributed by atoms with E-state index in [1.807, 2.05) is 18.2 Å². The number of nitrogens with zero attached hydrogens (tertiary/aromatic N) is 1. The third kappa shape index (κ3) is 2.78. The van der Waals surface area contributed by atoms with Crippen LogP contribution in [0.15, 0.2) is 42.5 Å². The number of hydrogen-bond donors (Lipinski definition) is 1. The average molecular weight is 266 g/mol. The van der Waals surface area contributed by atoms with E-state index < -0.39 is 5.97 Å². The van der Waals surface area contributed by atoms with Crippen molar-refractivity contribution >= 4 is 17.3 Å². The van der Waals surface area contributed by atoms with Gasteiger partial charge in [0.25, 0.3) is 0 Å². The molecule has 0 aliphatic heterocycles. The number of hydrogen-bond acceptors (Lipinski definition) is 3. The second-order valence-corrected chi connectivity index (χ2v) is 4.18. The number of nitrogen functional groups attached to an aromatic ring is 1. The summed E-state index contributed by atoms with van der Waals surface area (Å²) in [5.41, 5.74) is 8.91. The molecule has 0 saturated carbocycles. The predicted octanol–water partition coefficient (Wildman–Crippen LogP) is 3.66. The van der Waals surface area contributed by atoms with Gasteiger partial charge in [-0.15, -0.1) is 0 Å². The molecule has 0 atom stereocenters. The molecule has 4 heteroatoms. The number of ether oxygens (including phenoxy) is 1. The van der Waals surface area contributed by atoms with Gasteiger partial charge in [-0.05, 0) is 30.2 Å². The lowest BCUT2D eigenvalue weighted by molar-refractivity contribution is 0.0527. The normalized spacial score (nSPS) is 9.80. The average Bonchev–Trinajstić information content (AvgIpc) is 2.48. The summed E-state index contributed by atoms with van der Waals surface area (Å²) in [5.74, 6) is -0.426. The van der Waals surface area contributed by atoms with E-state index in [1.54, 1.807) is 31.2 Å². The highest BCUT2D eigenvalue weighted by atomic mass is 16.5. The van der Waals surface area contributed by atoms with Crippen molar-refractivity contribution in [1.82, 2.24) is 0 Å². The van der Waals surface area contributed by atoms with Crippen LogP contribution >= 0.6 is 0 Å². The molecular formula is C16H14N2O2. The van der Waals surface area contributed by atoms with Crippen LogP contribution in [0.5, 0.6) is 0 Å². The molecule has 2 N–H and O–H groups in total. The number of anilines is 1. The SMILES string of the molecule is [C-]#[N+]c1ccc(-c2ccc(N)c(C(=O)OCC)c2)cc1. The van der Waals surface area contributed by atoms with Gasteiger partial charge in [0.05, 0.1) is 18.7 Å². The van der Waals surface area contributed by atoms with Crippen molar-refractivity contribution in [3.8, 4) is 11.1 Å². The molecule has 0 spiro atoms. The van der Waals surface area contributed by atoms with E-state index in [0.29, 0.717) is 23.5 Å². The topological polar surface area (TPSA) is 56.7 Å². The first-order chi connectivity index (χ1) is 9.65. The Labute approximate surface area is 117 Å². The zero-order valence-corrected chi connectivity index (χ0v) is 11.1. The molecule has 0 saturated heterocycles. The van der Waals surface area contributed by atoms with E-state index in [-0.39, 0.29) is 0 Å². The molecule has 0 aliphatic carbocycles. The minimum Gasteiger partial charge on any atom is -0.462 e. The summed E-state index contributed by atoms with van der Waals surface area (Å²) in [5, 5.41) is 0. The minimum absolute atomic E-state index is 0.308. The van der Waals surface area contributed by atoms with Gasteiger partial charge < -0.3 is 10.5 Å². The first kappa shape index (κ1) is 13.6. The number of rotatable bonds is 3. The maximum atomic E-state index is 11.8. The minimum atomic E-state index is -0.426. The van der Waals surface area contributed by atoms with Crippen molar-refractivity contribution in [3.63, 3.8) is 0 Å². The maximum absolute atomic E-state index is 11.8. The molecule has 0 amide bonds. The smallest absolute Gasteiger partial charge is 0.340 e. The Balaban J connectivity index is 2.40. The van der Waals surface area contributed by atoms with Crippen LogP contribution in [-0.4, -0.2) is 12.6 Å². The fourth-order valence-electron chi connectivity index (χ4n) is 1.85. The first-order valence-electron chi connectivity index (χ1n) is 6.20. The zero-order chi connectivity index (χ0) is 14.5. The number of esters is 1. The highest BCUT2D eigenvalue weighted by Crippen LogP contribution is 2.26. The molecule has 0 heterocycles. The Hall–Kier alpha value is -2.80. The quantitative estimate of drug-likeness (QED) is 0.524. The van der Waals surface area contributed by atoms with Crippen molar-refractivity contribution in [3.05, 3.63) is 59.4 Å². The van der Waals surface area contributed by atoms with Crippen LogP contribution in [0.25, 0.3) is 16.0 Å². The van der Waals surface area contributed by atoms with Crippen LogP contribution in [0.3, 0.4) is 0 Å². The summed E-state index contributed by atoms with van der Waals surface area (Å²) in [6.45, 7) is 8.99. The Morgan fingerprint density at radius 2 is 1.85 bits per heavy atom. The van der Waals surface area contributed by atoms with E-state index in [0.717, 1.165) is 11.1 Å². The summed E-state index contributed by atoms with van der Waals surface area (Å²) < 4.78 is 4.98. The van der Waals surface area contributed by atoms with Gasteiger partial charge in [-0.25, -0.2) is 9.64 Å². The largest absolute Gasteiger partial charge is 0.462 e. The Kier molecular flexibility index (Phi) is 4.02. The van der Waals surface area contributed by atoms with Crippen LogP contribution < -0.4 is 5.73 Å². The number of carbonyl (C=O) groups is 1. The third-order valence-electron chi connectivity index (χ3n) is 2.88. The van der Waals surface area contributed by atoms with Crippen LogP contribution in [0.2, 0.25) is 0 Å². The molecule has 0 aromatic heterocycles. The van der Waals surface area contributed by atoms with E-state index in [9.17, 15) is 4.79 Å². The lowest BCUT2D eigenvalue weighted by Gasteiger charge is -2.08. The summed E-state index contributed by atoms with van der Waals surface area (Å²) >= 11 is 0. The lowest BCUT2D eigenvalue weighted by Crippen LogP contribution is -2.08. The molecule has 4 nitrogen and oxygen atoms in total. The number of nitrogens with two attached hydrogens (primary N) is 1. The van der Waals surface area contributed by atoms with Gasteiger partial charge >= 0.3 is 5.97 Å². The molecule has 0 fully saturated rings. The number of carbonyl (C=O) groups excluding carboxylic acids is 1. The molecule has 2 aromatic carbocycles. The zero-order valence-electron chi connectivity index (χ0n) is 11.1. The van der Waals surface area contributed by atoms with Gasteiger partial charge in [-0.1, -0.05) is 30.3 Å². The summed E-state index contributed by atoms with van der Waals surface area (Å²) in [6.07, 6.45) is 0. The molecule has 0 unspecified atom stereocenters. The van der Waals surface area contributed by atoms with E-state index in [2.05, 4.69) is 4.85 Å². The molecule has 2 rings (SSSR count). The molecule has 0 radical (unpaired) electrons. The Morgan fingerprint density at radius 1 is 1.20 bits per heavy atom. The van der Waals surface area contributed by atoms with Crippen LogP contribution in [0, 0.1) is 6.57 Å². The van der Waals surface area contributed by atoms with Gasteiger partial charge in [0.2, 0.25) is 0 Å². The molecule has 0 aliphatic rings. The summed E-state index contributed by atoms with van der Waals surface area (Å²) in [7, 11) is 0. The Bertz CT molecular complexity index is 670. The van der Waals surface area contributed by atoms with E-state index in [4.69, 9.17) is 17.0 Å². The first-order valence-corrected chi connectivity index (χ1v) is 6.20. The predicted molar refractivity (Wildman–Crippen MR) is 78.5 cm³/mol. The molecule has 20 heavy (non-hydrogen) atoms. The van der Waals surface area contributed by atoms with Gasteiger partial charge in [0.15, 0.2) is 5.69 Å². The molecular weight excluding hydrogens is 252 g/mol. The monoisotopic (exact) mass is 266 g/mol. The molecule has 2 aromatic rings. The van der Waals surface area contributed by atoms with Gasteiger partial charge in [-0.3, -0.25) is 0 Å². The van der Waals surface area contributed by atoms with Gasteiger partial charge in [0.1, 0.15) is 0 Å². The van der Waals surface area contributed by atoms with Crippen molar-refractivity contribution < 1.29 is 9.53 Å². The van der Waals surface area contributed by atoms with E-state index >= 15 is 0 Å². The third-order valence-corrected chi connectivity index (χ3v) is 2.88. The second kappa shape index (κ2) is 5.89. The van der Waals surface area contributed by atoms with Crippen LogP contribution in [0.4, 0.5) is 11.4 Å². The van der Waals surface area contributed by atoms with Crippen molar-refractivity contribution in [2.24, 2.45) is 0 Å². The van der Waals surface area contributed by atoms with Gasteiger partial charge in [0, 0.05) is 5.69 Å². The van der Waals surface area contributed by atoms with Crippen LogP contribution in [-0.2, 0) is 4.74 Å². The summed E-state index contributed by atoms with van der Waals surface area (Å²) in [6, 6.07) is 12.4. The fraction of sp³-hybridized carbons (Fsp3) is 0.125.